The summed E-state index contributed by atoms with van der Waals surface area (Å²) in [7, 11) is 1.48. The highest BCUT2D eigenvalue weighted by atomic mass is 31.2. The molecule has 458 valence electrons. The van der Waals surface area contributed by atoms with Crippen LogP contribution in [0.25, 0.3) is 0 Å². The summed E-state index contributed by atoms with van der Waals surface area (Å²) < 4.78 is 30.7. The number of hydrogen-bond donors (Lipinski definition) is 2. The Morgan fingerprint density at radius 3 is 1.18 bits per heavy atom. The molecule has 2 N–H and O–H groups in total. The molecule has 0 aliphatic heterocycles. The van der Waals surface area contributed by atoms with E-state index in [1.165, 1.54) is 148 Å². The normalized spacial score (nSPS) is 14.2. The van der Waals surface area contributed by atoms with Gasteiger partial charge in [-0.2, -0.15) is 0 Å². The van der Waals surface area contributed by atoms with Crippen LogP contribution in [0.15, 0.2) is 85.1 Å². The van der Waals surface area contributed by atoms with Crippen LogP contribution in [0.1, 0.15) is 290 Å². The lowest BCUT2D eigenvalue weighted by Gasteiger charge is -2.27. The summed E-state index contributed by atoms with van der Waals surface area (Å²) in [6.07, 6.45) is 77.2. The van der Waals surface area contributed by atoms with Crippen molar-refractivity contribution in [3.63, 3.8) is 0 Å². The molecule has 0 aromatic heterocycles. The van der Waals surface area contributed by atoms with Gasteiger partial charge >= 0.3 is 13.8 Å². The summed E-state index contributed by atoms with van der Waals surface area (Å²) in [5.74, 6) is -0.520. The molecule has 0 saturated heterocycles. The van der Waals surface area contributed by atoms with Gasteiger partial charge < -0.3 is 19.4 Å². The van der Waals surface area contributed by atoms with Crippen molar-refractivity contribution < 1.29 is 37.3 Å². The molecule has 0 aromatic rings. The minimum absolute atomic E-state index is 0.0346. The molecule has 0 saturated carbocycles. The van der Waals surface area contributed by atoms with E-state index in [4.69, 9.17) is 13.8 Å². The average Bonchev–Trinajstić information content (AvgIpc) is 3.41. The van der Waals surface area contributed by atoms with Gasteiger partial charge in [-0.05, 0) is 109 Å². The van der Waals surface area contributed by atoms with E-state index in [-0.39, 0.29) is 31.5 Å². The van der Waals surface area contributed by atoms with Gasteiger partial charge in [-0.3, -0.25) is 18.6 Å². The summed E-state index contributed by atoms with van der Waals surface area (Å²) in [4.78, 5) is 37.8. The van der Waals surface area contributed by atoms with E-state index in [1.54, 1.807) is 0 Å². The Bertz CT molecular complexity index is 1630. The van der Waals surface area contributed by atoms with Crippen LogP contribution in [0.2, 0.25) is 0 Å². The Morgan fingerprint density at radius 1 is 0.443 bits per heavy atom. The quantitative estimate of drug-likeness (QED) is 0.0205. The number of esters is 1. The first-order chi connectivity index (χ1) is 38.4. The third-order valence-corrected chi connectivity index (χ3v) is 15.3. The molecular weight excluding hydrogens is 1000 g/mol. The largest absolute Gasteiger partial charge is 0.472 e. The van der Waals surface area contributed by atoms with E-state index in [2.05, 4.69) is 99.0 Å². The van der Waals surface area contributed by atoms with Crippen molar-refractivity contribution in [2.24, 2.45) is 0 Å². The first-order valence-electron chi connectivity index (χ1n) is 32.9. The number of likely N-dealkylation sites (N-methyl/N-ethyl adjacent to an activating group) is 1. The lowest BCUT2D eigenvalue weighted by molar-refractivity contribution is -0.870. The van der Waals surface area contributed by atoms with E-state index in [9.17, 15) is 19.0 Å². The standard InChI is InChI=1S/C69H125N2O7P/c1-7-10-13-16-19-22-25-27-29-31-32-33-34-35-36-37-38-40-41-43-46-49-52-55-58-61-68(72)70-66(65-77-79(74,75)76-64-63-71(4,5)6)67(60-57-54-51-48-45-24-21-18-15-12-9-3)78-69(73)62-59-56-53-50-47-44-42-39-30-28-26-23-20-17-14-11-8-2/h19-20,22-23,27-30,32-33,35-36,57,60,66-67H,7-18,21,24-26,31,34,37-56,58-59,61-65H2,1-6H3,(H-,70,72,74,75)/p+1/b22-19-,23-20-,29-27-,30-28-,33-32-,36-35-,60-57-. The van der Waals surface area contributed by atoms with Crippen molar-refractivity contribution >= 4 is 19.7 Å². The molecule has 3 unspecified atom stereocenters. The molecule has 0 aliphatic rings. The highest BCUT2D eigenvalue weighted by molar-refractivity contribution is 7.47. The van der Waals surface area contributed by atoms with E-state index in [1.807, 2.05) is 33.3 Å². The van der Waals surface area contributed by atoms with Gasteiger partial charge in [0, 0.05) is 12.8 Å². The number of amides is 1. The topological polar surface area (TPSA) is 111 Å². The monoisotopic (exact) mass is 1130 g/mol. The number of hydrogen-bond acceptors (Lipinski definition) is 6. The molecule has 0 spiro atoms. The first kappa shape index (κ1) is 76.2. The van der Waals surface area contributed by atoms with Crippen LogP contribution in [0.5, 0.6) is 0 Å². The van der Waals surface area contributed by atoms with Crippen molar-refractivity contribution in [1.29, 1.82) is 0 Å². The van der Waals surface area contributed by atoms with Crippen molar-refractivity contribution in [2.45, 2.75) is 303 Å². The Labute approximate surface area is 488 Å². The molecule has 10 heteroatoms. The Hall–Kier alpha value is -2.81. The molecule has 0 aromatic carbocycles. The van der Waals surface area contributed by atoms with E-state index in [0.29, 0.717) is 17.4 Å². The molecule has 1 amide bonds. The fourth-order valence-corrected chi connectivity index (χ4v) is 9.93. The molecule has 0 aliphatic carbocycles. The van der Waals surface area contributed by atoms with Gasteiger partial charge in [-0.25, -0.2) is 4.57 Å². The maximum Gasteiger partial charge on any atom is 0.472 e. The van der Waals surface area contributed by atoms with Gasteiger partial charge in [0.2, 0.25) is 5.91 Å². The molecule has 0 heterocycles. The summed E-state index contributed by atoms with van der Waals surface area (Å²) in [5.41, 5.74) is 0. The number of phosphoric acid groups is 1. The summed E-state index contributed by atoms with van der Waals surface area (Å²) in [6, 6.07) is -0.859. The average molecular weight is 1130 g/mol. The second-order valence-electron chi connectivity index (χ2n) is 23.3. The number of phosphoric ester groups is 1. The van der Waals surface area contributed by atoms with Gasteiger partial charge in [-0.1, -0.05) is 254 Å². The van der Waals surface area contributed by atoms with Crippen LogP contribution in [0.3, 0.4) is 0 Å². The summed E-state index contributed by atoms with van der Waals surface area (Å²) in [5, 5.41) is 3.06. The van der Waals surface area contributed by atoms with Crippen molar-refractivity contribution in [2.75, 3.05) is 40.9 Å². The summed E-state index contributed by atoms with van der Waals surface area (Å²) >= 11 is 0. The highest BCUT2D eigenvalue weighted by Crippen LogP contribution is 2.43. The smallest absolute Gasteiger partial charge is 0.456 e. The fourth-order valence-electron chi connectivity index (χ4n) is 9.19. The lowest BCUT2D eigenvalue weighted by atomic mass is 10.0. The second kappa shape index (κ2) is 58.4. The van der Waals surface area contributed by atoms with E-state index < -0.39 is 20.0 Å². The fraction of sp³-hybridized carbons (Fsp3) is 0.768. The molecule has 79 heavy (non-hydrogen) atoms. The molecule has 0 fully saturated rings. The Kier molecular flexibility index (Phi) is 56.3. The van der Waals surface area contributed by atoms with E-state index >= 15 is 0 Å². The van der Waals surface area contributed by atoms with Crippen LogP contribution in [0.4, 0.5) is 0 Å². The number of nitrogens with one attached hydrogen (secondary N) is 1. The number of allylic oxidation sites excluding steroid dienone is 13. The second-order valence-corrected chi connectivity index (χ2v) is 24.7. The maximum absolute atomic E-state index is 13.6. The number of nitrogens with zero attached hydrogens (tertiary/aromatic N) is 1. The minimum atomic E-state index is -4.46. The SMILES string of the molecule is CCCCC/C=C\C/C=C\C/C=C\C/C=C\CCCCCCCCCCCC(=O)NC(COP(=O)(O)OCC[N+](C)(C)C)C(/C=C\CCCCCCCCCCC)OC(=O)CCCCCCCCC/C=C\C/C=C\CCCCC. The van der Waals surface area contributed by atoms with Gasteiger partial charge in [0.1, 0.15) is 19.3 Å². The molecule has 3 atom stereocenters. The van der Waals surface area contributed by atoms with Crippen molar-refractivity contribution in [3.05, 3.63) is 85.1 Å². The van der Waals surface area contributed by atoms with Crippen LogP contribution >= 0.6 is 7.82 Å². The van der Waals surface area contributed by atoms with Crippen molar-refractivity contribution in [1.82, 2.24) is 5.32 Å². The van der Waals surface area contributed by atoms with E-state index in [0.717, 1.165) is 109 Å². The predicted molar refractivity (Wildman–Crippen MR) is 341 cm³/mol. The van der Waals surface area contributed by atoms with Gasteiger partial charge in [0.25, 0.3) is 0 Å². The number of ether oxygens (including phenoxy) is 1. The summed E-state index contributed by atoms with van der Waals surface area (Å²) in [6.45, 7) is 6.95. The highest BCUT2D eigenvalue weighted by Gasteiger charge is 2.30. The zero-order valence-corrected chi connectivity index (χ0v) is 53.2. The van der Waals surface area contributed by atoms with Crippen LogP contribution in [-0.4, -0.2) is 74.3 Å². The van der Waals surface area contributed by atoms with Gasteiger partial charge in [0.15, 0.2) is 0 Å². The van der Waals surface area contributed by atoms with Crippen LogP contribution < -0.4 is 5.32 Å². The lowest BCUT2D eigenvalue weighted by Crippen LogP contribution is -2.47. The van der Waals surface area contributed by atoms with Crippen LogP contribution in [0, 0.1) is 0 Å². The molecule has 0 radical (unpaired) electrons. The Balaban J connectivity index is 5.13. The molecular formula is C69H126N2O7P+. The first-order valence-corrected chi connectivity index (χ1v) is 34.4. The molecule has 0 rings (SSSR count). The van der Waals surface area contributed by atoms with Crippen molar-refractivity contribution in [3.8, 4) is 0 Å². The number of quaternary nitrogens is 1. The van der Waals surface area contributed by atoms with Crippen LogP contribution in [-0.2, 0) is 27.9 Å². The number of carbonyl (C=O) groups is 2. The number of unbranched alkanes of at least 4 members (excludes halogenated alkanes) is 31. The van der Waals surface area contributed by atoms with Gasteiger partial charge in [0.05, 0.1) is 33.8 Å². The minimum Gasteiger partial charge on any atom is -0.456 e. The third-order valence-electron chi connectivity index (χ3n) is 14.3. The molecule has 0 bridgehead atoms. The zero-order valence-electron chi connectivity index (χ0n) is 52.3. The Morgan fingerprint density at radius 2 is 0.772 bits per heavy atom. The third kappa shape index (κ3) is 59.6. The number of rotatable bonds is 59. The van der Waals surface area contributed by atoms with Gasteiger partial charge in [-0.15, -0.1) is 0 Å². The maximum atomic E-state index is 13.6. The number of carbonyl (C=O) groups excluding carboxylic acids is 2. The molecule has 9 nitrogen and oxygen atoms in total. The zero-order chi connectivity index (χ0) is 57.9. The predicted octanol–water partition coefficient (Wildman–Crippen LogP) is 20.6.